The Kier molecular flexibility index (Phi) is 12.1. The molecule has 0 aromatic heterocycles. The van der Waals surface area contributed by atoms with Crippen molar-refractivity contribution in [1.29, 1.82) is 0 Å². The van der Waals surface area contributed by atoms with Gasteiger partial charge in [0, 0.05) is 20.2 Å². The molecule has 0 amide bonds. The van der Waals surface area contributed by atoms with Gasteiger partial charge in [0.05, 0.1) is 24.1 Å². The molecule has 2 aromatic rings. The highest BCUT2D eigenvalue weighted by molar-refractivity contribution is 14.0. The average Bonchev–Trinajstić information content (AvgIpc) is 2.73. The first-order valence-corrected chi connectivity index (χ1v) is 11.5. The normalized spacial score (nSPS) is 12.7. The summed E-state index contributed by atoms with van der Waals surface area (Å²) < 4.78 is 32.2. The number of aliphatic imine (C=N–C) groups is 1. The number of rotatable bonds is 10. The van der Waals surface area contributed by atoms with Crippen molar-refractivity contribution in [2.75, 3.05) is 26.8 Å². The second-order valence-electron chi connectivity index (χ2n) is 6.96. The molecule has 31 heavy (non-hydrogen) atoms. The van der Waals surface area contributed by atoms with E-state index in [1.165, 1.54) is 18.2 Å². The molecule has 0 spiro atoms. The summed E-state index contributed by atoms with van der Waals surface area (Å²) in [5.41, 5.74) is 3.23. The Balaban J connectivity index is 0.00000480. The van der Waals surface area contributed by atoms with Gasteiger partial charge < -0.3 is 15.4 Å². The fourth-order valence-electron chi connectivity index (χ4n) is 3.02. The number of ether oxygens (including phenoxy) is 1. The number of aryl methyl sites for hydroxylation is 1. The molecule has 0 aliphatic carbocycles. The summed E-state index contributed by atoms with van der Waals surface area (Å²) in [6.45, 7) is 7.82. The molecule has 0 radical (unpaired) electrons. The predicted octanol–water partition coefficient (Wildman–Crippen LogP) is 3.35. The average molecular weight is 561 g/mol. The van der Waals surface area contributed by atoms with E-state index in [0.29, 0.717) is 19.1 Å². The minimum Gasteiger partial charge on any atom is -0.383 e. The lowest BCUT2D eigenvalue weighted by molar-refractivity contribution is 0.204. The van der Waals surface area contributed by atoms with Crippen LogP contribution in [0, 0.1) is 6.92 Å². The van der Waals surface area contributed by atoms with E-state index in [4.69, 9.17) is 4.74 Å². The third-order valence-corrected chi connectivity index (χ3v) is 6.04. The van der Waals surface area contributed by atoms with Crippen molar-refractivity contribution < 1.29 is 13.2 Å². The van der Waals surface area contributed by atoms with E-state index in [1.54, 1.807) is 18.2 Å². The van der Waals surface area contributed by atoms with Crippen molar-refractivity contribution in [2.24, 2.45) is 4.99 Å². The van der Waals surface area contributed by atoms with Gasteiger partial charge in [-0.25, -0.2) is 18.1 Å². The van der Waals surface area contributed by atoms with Gasteiger partial charge in [0.1, 0.15) is 0 Å². The first kappa shape index (κ1) is 27.3. The van der Waals surface area contributed by atoms with E-state index in [2.05, 4.69) is 46.3 Å². The maximum Gasteiger partial charge on any atom is 0.240 e. The number of nitrogens with one attached hydrogen (secondary N) is 3. The maximum atomic E-state index is 12.4. The summed E-state index contributed by atoms with van der Waals surface area (Å²) in [5.74, 6) is 0.680. The highest BCUT2D eigenvalue weighted by Gasteiger charge is 2.14. The first-order chi connectivity index (χ1) is 14.4. The Morgan fingerprint density at radius 1 is 1.16 bits per heavy atom. The molecule has 1 unspecified atom stereocenters. The summed E-state index contributed by atoms with van der Waals surface area (Å²) in [4.78, 5) is 4.86. The summed E-state index contributed by atoms with van der Waals surface area (Å²) >= 11 is 0. The van der Waals surface area contributed by atoms with Crippen LogP contribution in [-0.2, 0) is 21.3 Å². The largest absolute Gasteiger partial charge is 0.383 e. The molecule has 0 aliphatic rings. The molecule has 0 bridgehead atoms. The van der Waals surface area contributed by atoms with Crippen molar-refractivity contribution in [3.63, 3.8) is 0 Å². The third-order valence-electron chi connectivity index (χ3n) is 4.58. The molecule has 2 aromatic carbocycles. The second-order valence-corrected chi connectivity index (χ2v) is 8.72. The lowest BCUT2D eigenvalue weighted by Crippen LogP contribution is -2.38. The predicted molar refractivity (Wildman–Crippen MR) is 136 cm³/mol. The highest BCUT2D eigenvalue weighted by Crippen LogP contribution is 2.17. The van der Waals surface area contributed by atoms with Gasteiger partial charge in [0.2, 0.25) is 10.0 Å². The van der Waals surface area contributed by atoms with Crippen molar-refractivity contribution in [3.05, 3.63) is 65.2 Å². The molecule has 0 saturated carbocycles. The van der Waals surface area contributed by atoms with Crippen LogP contribution in [0.15, 0.2) is 58.4 Å². The topological polar surface area (TPSA) is 91.8 Å². The molecule has 3 N–H and O–H groups in total. The van der Waals surface area contributed by atoms with Crippen molar-refractivity contribution in [1.82, 2.24) is 15.4 Å². The number of halogens is 1. The zero-order valence-corrected chi connectivity index (χ0v) is 21.7. The smallest absolute Gasteiger partial charge is 0.240 e. The summed E-state index contributed by atoms with van der Waals surface area (Å²) in [6, 6.07) is 15.1. The number of guanidine groups is 1. The van der Waals surface area contributed by atoms with Crippen molar-refractivity contribution in [2.45, 2.75) is 38.3 Å². The quantitative estimate of drug-likeness (QED) is 0.180. The van der Waals surface area contributed by atoms with Gasteiger partial charge >= 0.3 is 0 Å². The minimum absolute atomic E-state index is 0. The number of nitrogens with zero attached hydrogens (tertiary/aromatic N) is 1. The van der Waals surface area contributed by atoms with Gasteiger partial charge in [-0.05, 0) is 49.6 Å². The molecule has 0 saturated heterocycles. The fraction of sp³-hybridized carbons (Fsp3) is 0.409. The molecule has 7 nitrogen and oxygen atoms in total. The summed E-state index contributed by atoms with van der Waals surface area (Å²) in [6.07, 6.45) is 0. The van der Waals surface area contributed by atoms with Crippen LogP contribution in [0.5, 0.6) is 0 Å². The Labute approximate surface area is 203 Å². The summed E-state index contributed by atoms with van der Waals surface area (Å²) in [7, 11) is -2.04. The molecule has 9 heteroatoms. The lowest BCUT2D eigenvalue weighted by Gasteiger charge is -2.19. The number of hydrogen-bond acceptors (Lipinski definition) is 4. The van der Waals surface area contributed by atoms with Gasteiger partial charge in [0.15, 0.2) is 5.96 Å². The van der Waals surface area contributed by atoms with Crippen LogP contribution in [0.1, 0.15) is 36.6 Å². The molecular formula is C22H33IN4O3S. The molecule has 0 aliphatic heterocycles. The minimum atomic E-state index is -3.57. The number of benzene rings is 2. The van der Waals surface area contributed by atoms with Gasteiger partial charge in [-0.1, -0.05) is 36.4 Å². The fourth-order valence-corrected chi connectivity index (χ4v) is 4.10. The third kappa shape index (κ3) is 8.76. The molecule has 0 fully saturated rings. The van der Waals surface area contributed by atoms with Gasteiger partial charge in [0.25, 0.3) is 0 Å². The standard InChI is InChI=1S/C22H32N4O3S.HI/c1-5-23-22(26-18(3)21-12-7-6-9-17(21)2)24-16-19-10-8-11-20(15-19)30(27,28)25-13-14-29-4;/h6-12,15,18,25H,5,13-14,16H2,1-4H3,(H2,23,24,26);1H. The monoisotopic (exact) mass is 560 g/mol. The molecular weight excluding hydrogens is 527 g/mol. The Morgan fingerprint density at radius 3 is 2.58 bits per heavy atom. The van der Waals surface area contributed by atoms with E-state index >= 15 is 0 Å². The Morgan fingerprint density at radius 2 is 1.90 bits per heavy atom. The lowest BCUT2D eigenvalue weighted by atomic mass is 10.0. The van der Waals surface area contributed by atoms with Crippen LogP contribution in [0.2, 0.25) is 0 Å². The highest BCUT2D eigenvalue weighted by atomic mass is 127. The number of methoxy groups -OCH3 is 1. The van der Waals surface area contributed by atoms with Crippen LogP contribution >= 0.6 is 24.0 Å². The van der Waals surface area contributed by atoms with Gasteiger partial charge in [-0.15, -0.1) is 24.0 Å². The first-order valence-electron chi connectivity index (χ1n) is 10.0. The van der Waals surface area contributed by atoms with Crippen LogP contribution in [-0.4, -0.2) is 41.2 Å². The van der Waals surface area contributed by atoms with E-state index in [-0.39, 0.29) is 41.5 Å². The molecule has 1 atom stereocenters. The van der Waals surface area contributed by atoms with E-state index in [9.17, 15) is 8.42 Å². The van der Waals surface area contributed by atoms with E-state index < -0.39 is 10.0 Å². The van der Waals surface area contributed by atoms with E-state index in [0.717, 1.165) is 12.1 Å². The zero-order chi connectivity index (χ0) is 22.0. The van der Waals surface area contributed by atoms with Gasteiger partial charge in [-0.3, -0.25) is 0 Å². The number of hydrogen-bond donors (Lipinski definition) is 3. The van der Waals surface area contributed by atoms with Crippen LogP contribution in [0.4, 0.5) is 0 Å². The maximum absolute atomic E-state index is 12.4. The second kappa shape index (κ2) is 13.7. The molecule has 0 heterocycles. The van der Waals surface area contributed by atoms with Crippen molar-refractivity contribution in [3.8, 4) is 0 Å². The van der Waals surface area contributed by atoms with Gasteiger partial charge in [-0.2, -0.15) is 0 Å². The zero-order valence-electron chi connectivity index (χ0n) is 18.5. The van der Waals surface area contributed by atoms with Crippen LogP contribution < -0.4 is 15.4 Å². The van der Waals surface area contributed by atoms with Crippen LogP contribution in [0.25, 0.3) is 0 Å². The number of sulfonamides is 1. The van der Waals surface area contributed by atoms with Crippen molar-refractivity contribution >= 4 is 40.0 Å². The molecule has 2 rings (SSSR count). The summed E-state index contributed by atoms with van der Waals surface area (Å²) in [5, 5.41) is 6.67. The van der Waals surface area contributed by atoms with Crippen LogP contribution in [0.3, 0.4) is 0 Å². The Bertz CT molecular complexity index is 951. The van der Waals surface area contributed by atoms with E-state index in [1.807, 2.05) is 25.1 Å². The molecule has 172 valence electrons. The Hall–Kier alpha value is -1.69. The SMILES string of the molecule is CCNC(=NCc1cccc(S(=O)(=O)NCCOC)c1)NC(C)c1ccccc1C.I.